The first-order valence-electron chi connectivity index (χ1n) is 5.72. The molecule has 1 N–H and O–H groups in total. The van der Waals surface area contributed by atoms with Crippen LogP contribution in [0.25, 0.3) is 0 Å². The van der Waals surface area contributed by atoms with Gasteiger partial charge in [-0.1, -0.05) is 17.7 Å². The van der Waals surface area contributed by atoms with Crippen LogP contribution in [0.3, 0.4) is 0 Å². The van der Waals surface area contributed by atoms with Crippen molar-refractivity contribution in [3.63, 3.8) is 0 Å². The molecule has 0 heterocycles. The molecule has 2 aromatic carbocycles. The van der Waals surface area contributed by atoms with Gasteiger partial charge in [-0.25, -0.2) is 4.39 Å². The third-order valence-corrected chi connectivity index (χ3v) is 3.10. The van der Waals surface area contributed by atoms with E-state index >= 15 is 0 Å². The van der Waals surface area contributed by atoms with E-state index in [4.69, 9.17) is 11.6 Å². The van der Waals surface area contributed by atoms with Crippen LogP contribution < -0.4 is 5.32 Å². The Morgan fingerprint density at radius 3 is 2.20 bits per heavy atom. The Bertz CT molecular complexity index is 573. The van der Waals surface area contributed by atoms with E-state index in [-0.39, 0.29) is 17.1 Å². The Morgan fingerprint density at radius 2 is 1.65 bits per heavy atom. The first kappa shape index (κ1) is 14.7. The van der Waals surface area contributed by atoms with E-state index in [1.807, 2.05) is 0 Å². The molecule has 0 saturated heterocycles. The highest BCUT2D eigenvalue weighted by molar-refractivity contribution is 6.31. The largest absolute Gasteiger partial charge is 0.416 e. The fourth-order valence-electron chi connectivity index (χ4n) is 1.67. The van der Waals surface area contributed by atoms with Crippen LogP contribution in [0.2, 0.25) is 5.02 Å². The van der Waals surface area contributed by atoms with Crippen LogP contribution in [0.1, 0.15) is 11.1 Å². The van der Waals surface area contributed by atoms with Crippen molar-refractivity contribution in [2.24, 2.45) is 0 Å². The van der Waals surface area contributed by atoms with Gasteiger partial charge in [-0.2, -0.15) is 13.2 Å². The molecule has 0 unspecified atom stereocenters. The summed E-state index contributed by atoms with van der Waals surface area (Å²) >= 11 is 5.85. The maximum atomic E-state index is 13.5. The van der Waals surface area contributed by atoms with Crippen LogP contribution in [-0.2, 0) is 12.7 Å². The molecule has 0 aliphatic heterocycles. The van der Waals surface area contributed by atoms with Crippen molar-refractivity contribution in [2.75, 3.05) is 5.32 Å². The average molecular weight is 304 g/mol. The van der Waals surface area contributed by atoms with Gasteiger partial charge in [0.1, 0.15) is 5.82 Å². The van der Waals surface area contributed by atoms with Crippen LogP contribution in [0.15, 0.2) is 42.5 Å². The van der Waals surface area contributed by atoms with Gasteiger partial charge in [0.05, 0.1) is 5.56 Å². The van der Waals surface area contributed by atoms with E-state index in [0.717, 1.165) is 12.1 Å². The average Bonchev–Trinajstić information content (AvgIpc) is 2.37. The molecule has 0 saturated carbocycles. The van der Waals surface area contributed by atoms with E-state index in [1.54, 1.807) is 6.07 Å². The summed E-state index contributed by atoms with van der Waals surface area (Å²) in [5.74, 6) is -0.461. The molecule has 0 fully saturated rings. The minimum Gasteiger partial charge on any atom is -0.381 e. The molecular weight excluding hydrogens is 294 g/mol. The Morgan fingerprint density at radius 1 is 1.00 bits per heavy atom. The molecule has 106 valence electrons. The van der Waals surface area contributed by atoms with Gasteiger partial charge in [0.15, 0.2) is 0 Å². The van der Waals surface area contributed by atoms with Crippen molar-refractivity contribution in [2.45, 2.75) is 12.7 Å². The lowest BCUT2D eigenvalue weighted by Crippen LogP contribution is -2.06. The summed E-state index contributed by atoms with van der Waals surface area (Å²) in [4.78, 5) is 0. The highest BCUT2D eigenvalue weighted by Crippen LogP contribution is 2.30. The second-order valence-corrected chi connectivity index (χ2v) is 4.54. The summed E-state index contributed by atoms with van der Waals surface area (Å²) in [6, 6.07) is 8.81. The summed E-state index contributed by atoms with van der Waals surface area (Å²) in [6.07, 6.45) is -4.37. The van der Waals surface area contributed by atoms with E-state index in [2.05, 4.69) is 5.32 Å². The Balaban J connectivity index is 2.08. The molecule has 0 amide bonds. The van der Waals surface area contributed by atoms with Crippen LogP contribution in [0.4, 0.5) is 23.2 Å². The van der Waals surface area contributed by atoms with Crippen LogP contribution in [0.5, 0.6) is 0 Å². The number of benzene rings is 2. The van der Waals surface area contributed by atoms with Crippen LogP contribution in [0, 0.1) is 5.82 Å². The summed E-state index contributed by atoms with van der Waals surface area (Å²) < 4.78 is 50.7. The number of anilines is 1. The topological polar surface area (TPSA) is 12.0 Å². The second-order valence-electron chi connectivity index (χ2n) is 4.13. The molecule has 20 heavy (non-hydrogen) atoms. The van der Waals surface area contributed by atoms with Crippen molar-refractivity contribution >= 4 is 17.3 Å². The second kappa shape index (κ2) is 5.71. The highest BCUT2D eigenvalue weighted by Gasteiger charge is 2.29. The molecule has 0 aromatic heterocycles. The lowest BCUT2D eigenvalue weighted by Gasteiger charge is -2.11. The summed E-state index contributed by atoms with van der Waals surface area (Å²) in [5.41, 5.74) is -0.00152. The first-order valence-corrected chi connectivity index (χ1v) is 6.10. The molecule has 1 nitrogen and oxygen atoms in total. The zero-order chi connectivity index (χ0) is 14.8. The Kier molecular flexibility index (Phi) is 4.18. The number of halogens is 5. The standard InChI is InChI=1S/C14H10ClF4N/c15-12-2-1-3-13(16)11(12)8-20-10-6-4-9(5-7-10)14(17,18)19/h1-7,20H,8H2. The van der Waals surface area contributed by atoms with Crippen LogP contribution >= 0.6 is 11.6 Å². The van der Waals surface area contributed by atoms with Crippen molar-refractivity contribution in [3.8, 4) is 0 Å². The van der Waals surface area contributed by atoms with Gasteiger partial charge in [-0.15, -0.1) is 0 Å². The molecule has 0 spiro atoms. The zero-order valence-corrected chi connectivity index (χ0v) is 10.9. The van der Waals surface area contributed by atoms with E-state index in [0.29, 0.717) is 5.69 Å². The van der Waals surface area contributed by atoms with E-state index in [9.17, 15) is 17.6 Å². The van der Waals surface area contributed by atoms with Gasteiger partial charge in [0, 0.05) is 22.8 Å². The smallest absolute Gasteiger partial charge is 0.381 e. The summed E-state index contributed by atoms with van der Waals surface area (Å²) in [7, 11) is 0. The van der Waals surface area contributed by atoms with E-state index in [1.165, 1.54) is 24.3 Å². The molecule has 0 radical (unpaired) electrons. The summed E-state index contributed by atoms with van der Waals surface area (Å²) in [6.45, 7) is 0.0941. The van der Waals surface area contributed by atoms with Gasteiger partial charge in [0.25, 0.3) is 0 Å². The summed E-state index contributed by atoms with van der Waals surface area (Å²) in [5, 5.41) is 3.10. The molecule has 0 aliphatic carbocycles. The molecule has 6 heteroatoms. The maximum absolute atomic E-state index is 13.5. The number of alkyl halides is 3. The van der Waals surface area contributed by atoms with Crippen molar-refractivity contribution in [1.82, 2.24) is 0 Å². The molecule has 0 aliphatic rings. The Labute approximate surface area is 118 Å². The number of hydrogen-bond acceptors (Lipinski definition) is 1. The normalized spacial score (nSPS) is 11.4. The number of hydrogen-bond donors (Lipinski definition) is 1. The molecular formula is C14H10ClF4N. The third-order valence-electron chi connectivity index (χ3n) is 2.74. The molecule has 2 rings (SSSR count). The third kappa shape index (κ3) is 3.42. The van der Waals surface area contributed by atoms with Crippen molar-refractivity contribution in [3.05, 3.63) is 64.4 Å². The van der Waals surface area contributed by atoms with Gasteiger partial charge in [-0.3, -0.25) is 0 Å². The van der Waals surface area contributed by atoms with Gasteiger partial charge in [0.2, 0.25) is 0 Å². The van der Waals surface area contributed by atoms with Gasteiger partial charge < -0.3 is 5.32 Å². The number of rotatable bonds is 3. The Hall–Kier alpha value is -1.75. The molecule has 2 aromatic rings. The van der Waals surface area contributed by atoms with Crippen molar-refractivity contribution in [1.29, 1.82) is 0 Å². The molecule has 0 atom stereocenters. The maximum Gasteiger partial charge on any atom is 0.416 e. The van der Waals surface area contributed by atoms with E-state index < -0.39 is 17.6 Å². The monoisotopic (exact) mass is 303 g/mol. The fraction of sp³-hybridized carbons (Fsp3) is 0.143. The number of nitrogens with one attached hydrogen (secondary N) is 1. The van der Waals surface area contributed by atoms with Gasteiger partial charge in [-0.05, 0) is 36.4 Å². The predicted molar refractivity (Wildman–Crippen MR) is 70.2 cm³/mol. The minimum absolute atomic E-state index is 0.0941. The zero-order valence-electron chi connectivity index (χ0n) is 10.1. The molecule has 0 bridgehead atoms. The van der Waals surface area contributed by atoms with Crippen molar-refractivity contribution < 1.29 is 17.6 Å². The van der Waals surface area contributed by atoms with Crippen LogP contribution in [-0.4, -0.2) is 0 Å². The SMILES string of the molecule is Fc1cccc(Cl)c1CNc1ccc(C(F)(F)F)cc1. The highest BCUT2D eigenvalue weighted by atomic mass is 35.5. The lowest BCUT2D eigenvalue weighted by molar-refractivity contribution is -0.137. The first-order chi connectivity index (χ1) is 9.38. The quantitative estimate of drug-likeness (QED) is 0.777. The fourth-order valence-corrected chi connectivity index (χ4v) is 1.90. The predicted octanol–water partition coefficient (Wildman–Crippen LogP) is 5.11. The van der Waals surface area contributed by atoms with Gasteiger partial charge >= 0.3 is 6.18 Å². The minimum atomic E-state index is -4.37. The lowest BCUT2D eigenvalue weighted by atomic mass is 10.2.